The number of piperazine rings is 1. The van der Waals surface area contributed by atoms with Crippen molar-refractivity contribution in [2.24, 2.45) is 0 Å². The number of carbonyl (C=O) groups excluding carboxylic acids is 1. The number of rotatable bonds is 6. The molecule has 2 aliphatic rings. The van der Waals surface area contributed by atoms with Gasteiger partial charge in [0, 0.05) is 31.7 Å². The number of nitrogens with zero attached hydrogens (tertiary/aromatic N) is 3. The average molecular weight is 397 g/mol. The number of aromatic nitrogens is 2. The number of nitriles is 1. The van der Waals surface area contributed by atoms with Crippen molar-refractivity contribution < 1.29 is 14.6 Å². The zero-order valence-corrected chi connectivity index (χ0v) is 15.9. The van der Waals surface area contributed by atoms with Crippen LogP contribution in [0.15, 0.2) is 29.1 Å². The Bertz CT molecular complexity index is 960. The number of aromatic amines is 2. The number of carbonyl (C=O) groups is 1. The van der Waals surface area contributed by atoms with Crippen molar-refractivity contribution in [3.05, 3.63) is 46.0 Å². The fourth-order valence-electron chi connectivity index (χ4n) is 4.26. The van der Waals surface area contributed by atoms with Crippen LogP contribution in [0.1, 0.15) is 24.1 Å². The smallest absolute Gasteiger partial charge is 0.325 e. The summed E-state index contributed by atoms with van der Waals surface area (Å²) in [7, 11) is 0. The lowest BCUT2D eigenvalue weighted by atomic mass is 10.1. The van der Waals surface area contributed by atoms with Gasteiger partial charge >= 0.3 is 5.69 Å². The molecule has 1 aromatic carbocycles. The Morgan fingerprint density at radius 1 is 1.21 bits per heavy atom. The molecule has 0 spiro atoms. The lowest BCUT2D eigenvalue weighted by molar-refractivity contribution is -0.134. The van der Waals surface area contributed by atoms with Gasteiger partial charge in [0.05, 0.1) is 23.7 Å². The zero-order chi connectivity index (χ0) is 20.4. The van der Waals surface area contributed by atoms with Crippen molar-refractivity contribution in [1.82, 2.24) is 19.8 Å². The number of imidazole rings is 1. The second-order valence-electron chi connectivity index (χ2n) is 7.49. The predicted molar refractivity (Wildman–Crippen MR) is 104 cm³/mol. The summed E-state index contributed by atoms with van der Waals surface area (Å²) in [5.41, 5.74) is 0.316. The highest BCUT2D eigenvalue weighted by atomic mass is 16.5. The number of fused-ring (bicyclic) bond motifs is 2. The number of ether oxygens (including phenoxy) is 1. The topological polar surface area (TPSA) is 125 Å². The van der Waals surface area contributed by atoms with Crippen molar-refractivity contribution in [2.45, 2.75) is 31.3 Å². The molecule has 3 heterocycles. The normalized spacial score (nSPS) is 21.1. The first kappa shape index (κ1) is 19.1. The average Bonchev–Trinajstić information content (AvgIpc) is 3.14. The van der Waals surface area contributed by atoms with E-state index in [0.29, 0.717) is 37.3 Å². The van der Waals surface area contributed by atoms with Crippen molar-refractivity contribution in [1.29, 1.82) is 5.26 Å². The molecule has 9 heteroatoms. The molecule has 2 bridgehead atoms. The maximum atomic E-state index is 12.6. The second kappa shape index (κ2) is 8.01. The largest absolute Gasteiger partial charge is 0.493 e. The molecular formula is C20H23N5O4. The van der Waals surface area contributed by atoms with Gasteiger partial charge in [-0.3, -0.25) is 14.7 Å². The highest BCUT2D eigenvalue weighted by Crippen LogP contribution is 2.30. The van der Waals surface area contributed by atoms with Crippen LogP contribution in [0.3, 0.4) is 0 Å². The van der Waals surface area contributed by atoms with E-state index in [9.17, 15) is 14.7 Å². The van der Waals surface area contributed by atoms with Gasteiger partial charge in [0.15, 0.2) is 0 Å². The SMILES string of the molecule is N#Cc1ccc(OCCN2C3CCC2CN(C(=O)Cc2[nH]c(=O)[nH]c2O)C3)cc1. The number of amides is 1. The molecule has 2 saturated heterocycles. The molecule has 152 valence electrons. The summed E-state index contributed by atoms with van der Waals surface area (Å²) >= 11 is 0. The van der Waals surface area contributed by atoms with Crippen LogP contribution in [0, 0.1) is 11.3 Å². The van der Waals surface area contributed by atoms with Gasteiger partial charge in [0.25, 0.3) is 0 Å². The third-order valence-corrected chi connectivity index (χ3v) is 5.70. The molecule has 0 aliphatic carbocycles. The van der Waals surface area contributed by atoms with Crippen LogP contribution >= 0.6 is 0 Å². The summed E-state index contributed by atoms with van der Waals surface area (Å²) in [6.07, 6.45) is 2.06. The van der Waals surface area contributed by atoms with E-state index in [1.807, 2.05) is 4.90 Å². The van der Waals surface area contributed by atoms with Crippen LogP contribution in [0.4, 0.5) is 0 Å². The van der Waals surface area contributed by atoms with Crippen molar-refractivity contribution in [3.8, 4) is 17.7 Å². The van der Waals surface area contributed by atoms with Gasteiger partial charge in [0.1, 0.15) is 12.4 Å². The number of benzene rings is 1. The van der Waals surface area contributed by atoms with Crippen LogP contribution in [0.25, 0.3) is 0 Å². The first-order valence-corrected chi connectivity index (χ1v) is 9.70. The summed E-state index contributed by atoms with van der Waals surface area (Å²) in [4.78, 5) is 32.8. The van der Waals surface area contributed by atoms with Gasteiger partial charge in [0.2, 0.25) is 11.8 Å². The number of hydrogen-bond acceptors (Lipinski definition) is 6. The third kappa shape index (κ3) is 4.12. The molecule has 0 saturated carbocycles. The lowest BCUT2D eigenvalue weighted by Crippen LogP contribution is -2.56. The monoisotopic (exact) mass is 397 g/mol. The van der Waals surface area contributed by atoms with Crippen LogP contribution in [0.5, 0.6) is 11.6 Å². The third-order valence-electron chi connectivity index (χ3n) is 5.70. The van der Waals surface area contributed by atoms with E-state index >= 15 is 0 Å². The number of aromatic hydroxyl groups is 1. The first-order valence-electron chi connectivity index (χ1n) is 9.70. The molecule has 2 atom stereocenters. The van der Waals surface area contributed by atoms with Crippen molar-refractivity contribution in [2.75, 3.05) is 26.2 Å². The Balaban J connectivity index is 1.29. The highest BCUT2D eigenvalue weighted by Gasteiger charge is 2.41. The van der Waals surface area contributed by atoms with E-state index in [1.165, 1.54) is 0 Å². The van der Waals surface area contributed by atoms with Gasteiger partial charge in [-0.2, -0.15) is 5.26 Å². The molecule has 2 aromatic rings. The van der Waals surface area contributed by atoms with E-state index in [-0.39, 0.29) is 23.9 Å². The Morgan fingerprint density at radius 3 is 2.48 bits per heavy atom. The molecule has 9 nitrogen and oxygen atoms in total. The van der Waals surface area contributed by atoms with Crippen molar-refractivity contribution >= 4 is 5.91 Å². The maximum absolute atomic E-state index is 12.6. The van der Waals surface area contributed by atoms with Gasteiger partial charge < -0.3 is 19.7 Å². The summed E-state index contributed by atoms with van der Waals surface area (Å²) in [5.74, 6) is 0.372. The Labute approximate surface area is 167 Å². The van der Waals surface area contributed by atoms with Crippen LogP contribution in [0.2, 0.25) is 0 Å². The minimum Gasteiger partial charge on any atom is -0.493 e. The van der Waals surface area contributed by atoms with Gasteiger partial charge in [-0.15, -0.1) is 0 Å². The molecule has 1 aromatic heterocycles. The summed E-state index contributed by atoms with van der Waals surface area (Å²) in [6.45, 7) is 2.61. The van der Waals surface area contributed by atoms with Crippen molar-refractivity contribution in [3.63, 3.8) is 0 Å². The van der Waals surface area contributed by atoms with Crippen LogP contribution < -0.4 is 10.4 Å². The quantitative estimate of drug-likeness (QED) is 0.655. The summed E-state index contributed by atoms with van der Waals surface area (Å²) < 4.78 is 5.80. The van der Waals surface area contributed by atoms with Crippen LogP contribution in [-0.2, 0) is 11.2 Å². The Morgan fingerprint density at radius 2 is 1.90 bits per heavy atom. The fourth-order valence-corrected chi connectivity index (χ4v) is 4.26. The summed E-state index contributed by atoms with van der Waals surface area (Å²) in [5, 5.41) is 18.5. The van der Waals surface area contributed by atoms with E-state index in [2.05, 4.69) is 20.9 Å². The first-order chi connectivity index (χ1) is 14.0. The van der Waals surface area contributed by atoms with Gasteiger partial charge in [-0.05, 0) is 37.1 Å². The van der Waals surface area contributed by atoms with E-state index in [0.717, 1.165) is 25.1 Å². The molecule has 2 aliphatic heterocycles. The molecule has 1 amide bonds. The summed E-state index contributed by atoms with van der Waals surface area (Å²) in [6, 6.07) is 9.73. The van der Waals surface area contributed by atoms with E-state index < -0.39 is 5.69 Å². The molecule has 4 rings (SSSR count). The minimum absolute atomic E-state index is 0.0220. The molecule has 29 heavy (non-hydrogen) atoms. The minimum atomic E-state index is -0.516. The predicted octanol–water partition coefficient (Wildman–Crippen LogP) is 0.577. The Hall–Kier alpha value is -3.25. The molecule has 2 fully saturated rings. The number of nitrogens with one attached hydrogen (secondary N) is 2. The van der Waals surface area contributed by atoms with Gasteiger partial charge in [-0.1, -0.05) is 0 Å². The van der Waals surface area contributed by atoms with Gasteiger partial charge in [-0.25, -0.2) is 4.79 Å². The fraction of sp³-hybridized carbons (Fsp3) is 0.450. The second-order valence-corrected chi connectivity index (χ2v) is 7.49. The number of likely N-dealkylation sites (tertiary alicyclic amines) is 1. The molecule has 3 N–H and O–H groups in total. The van der Waals surface area contributed by atoms with E-state index in [1.54, 1.807) is 24.3 Å². The lowest BCUT2D eigenvalue weighted by Gasteiger charge is -2.41. The number of H-pyrrole nitrogens is 2. The number of hydrogen-bond donors (Lipinski definition) is 3. The molecule has 0 radical (unpaired) electrons. The molecule has 2 unspecified atom stereocenters. The maximum Gasteiger partial charge on any atom is 0.325 e. The Kier molecular flexibility index (Phi) is 5.27. The van der Waals surface area contributed by atoms with Crippen LogP contribution in [-0.4, -0.2) is 69.1 Å². The highest BCUT2D eigenvalue weighted by molar-refractivity contribution is 5.79. The zero-order valence-electron chi connectivity index (χ0n) is 15.9. The molecular weight excluding hydrogens is 374 g/mol. The standard InChI is InChI=1S/C20H23N5O4/c21-10-13-1-5-16(6-2-13)29-8-7-25-14-3-4-15(25)12-24(11-14)18(26)9-17-19(27)23-20(28)22-17/h1-2,5-6,14-15,27H,3-4,7-9,11-12H2,(H2,22,23,28). The van der Waals surface area contributed by atoms with E-state index in [4.69, 9.17) is 10.00 Å².